The minimum absolute atomic E-state index is 0.0319. The molecule has 3 heteroatoms. The number of aryl methyl sites for hydroxylation is 1. The van der Waals surface area contributed by atoms with Crippen LogP contribution in [0.5, 0.6) is 0 Å². The molecule has 1 aliphatic rings. The lowest BCUT2D eigenvalue weighted by molar-refractivity contribution is 0.767. The third kappa shape index (κ3) is 2.26. The molecule has 1 aromatic carbocycles. The zero-order valence-electron chi connectivity index (χ0n) is 10.9. The Morgan fingerprint density at radius 2 is 2.21 bits per heavy atom. The Labute approximate surface area is 118 Å². The standard InChI is InChI=1S/C16H17ClN2/c1-10(18)13-6-5-12(9-15(13)17)14-7-4-11-3-2-8-19-16(11)14/h2-3,5-6,8-10,14H,4,7,18H2,1H3. The summed E-state index contributed by atoms with van der Waals surface area (Å²) in [5, 5.41) is 0.761. The van der Waals surface area contributed by atoms with Crippen LogP contribution in [0.1, 0.15) is 47.7 Å². The quantitative estimate of drug-likeness (QED) is 0.902. The Hall–Kier alpha value is -1.38. The van der Waals surface area contributed by atoms with Gasteiger partial charge in [-0.25, -0.2) is 0 Å². The number of benzene rings is 1. The number of pyridine rings is 1. The third-order valence-corrected chi connectivity index (χ3v) is 4.20. The van der Waals surface area contributed by atoms with E-state index in [9.17, 15) is 0 Å². The molecule has 1 heterocycles. The van der Waals surface area contributed by atoms with Crippen molar-refractivity contribution in [3.05, 3.63) is 63.9 Å². The van der Waals surface area contributed by atoms with Gasteiger partial charge in [-0.3, -0.25) is 4.98 Å². The molecule has 0 saturated heterocycles. The fourth-order valence-electron chi connectivity index (χ4n) is 2.87. The maximum Gasteiger partial charge on any atom is 0.0510 e. The molecule has 0 radical (unpaired) electrons. The largest absolute Gasteiger partial charge is 0.324 e. The van der Waals surface area contributed by atoms with E-state index in [2.05, 4.69) is 23.2 Å². The van der Waals surface area contributed by atoms with E-state index >= 15 is 0 Å². The average molecular weight is 273 g/mol. The molecule has 2 atom stereocenters. The summed E-state index contributed by atoms with van der Waals surface area (Å²) < 4.78 is 0. The van der Waals surface area contributed by atoms with Crippen LogP contribution >= 0.6 is 11.6 Å². The number of hydrogen-bond acceptors (Lipinski definition) is 2. The molecule has 1 aromatic heterocycles. The van der Waals surface area contributed by atoms with E-state index < -0.39 is 0 Å². The van der Waals surface area contributed by atoms with E-state index in [1.165, 1.54) is 16.8 Å². The molecule has 2 nitrogen and oxygen atoms in total. The molecule has 2 unspecified atom stereocenters. The van der Waals surface area contributed by atoms with Crippen molar-refractivity contribution in [1.29, 1.82) is 0 Å². The van der Waals surface area contributed by atoms with Gasteiger partial charge in [-0.2, -0.15) is 0 Å². The first-order chi connectivity index (χ1) is 9.16. The van der Waals surface area contributed by atoms with Crippen LogP contribution in [0.25, 0.3) is 0 Å². The van der Waals surface area contributed by atoms with Gasteiger partial charge in [-0.15, -0.1) is 0 Å². The maximum atomic E-state index is 6.33. The summed E-state index contributed by atoms with van der Waals surface area (Å²) in [5.74, 6) is 0.371. The monoisotopic (exact) mass is 272 g/mol. The van der Waals surface area contributed by atoms with Crippen LogP contribution in [0.2, 0.25) is 5.02 Å². The molecule has 98 valence electrons. The smallest absolute Gasteiger partial charge is 0.0510 e. The van der Waals surface area contributed by atoms with Gasteiger partial charge < -0.3 is 5.73 Å². The molecule has 0 bridgehead atoms. The van der Waals surface area contributed by atoms with Crippen LogP contribution in [0.3, 0.4) is 0 Å². The van der Waals surface area contributed by atoms with Crippen LogP contribution in [0, 0.1) is 0 Å². The second kappa shape index (κ2) is 4.95. The minimum atomic E-state index is -0.0319. The van der Waals surface area contributed by atoms with Crippen molar-refractivity contribution in [3.8, 4) is 0 Å². The maximum absolute atomic E-state index is 6.33. The molecule has 0 saturated carbocycles. The Bertz CT molecular complexity index is 607. The van der Waals surface area contributed by atoms with Crippen LogP contribution in [-0.2, 0) is 6.42 Å². The summed E-state index contributed by atoms with van der Waals surface area (Å²) in [6.07, 6.45) is 4.08. The van der Waals surface area contributed by atoms with Crippen LogP contribution in [0.15, 0.2) is 36.5 Å². The third-order valence-electron chi connectivity index (χ3n) is 3.88. The Kier molecular flexibility index (Phi) is 3.29. The minimum Gasteiger partial charge on any atom is -0.324 e. The van der Waals surface area contributed by atoms with Gasteiger partial charge in [0.15, 0.2) is 0 Å². The first-order valence-electron chi connectivity index (χ1n) is 6.65. The number of aromatic nitrogens is 1. The Balaban J connectivity index is 1.99. The summed E-state index contributed by atoms with van der Waals surface area (Å²) in [5.41, 5.74) is 10.7. The SMILES string of the molecule is CC(N)c1ccc(C2CCc3cccnc32)cc1Cl. The van der Waals surface area contributed by atoms with Crippen LogP contribution in [-0.4, -0.2) is 4.98 Å². The van der Waals surface area contributed by atoms with E-state index in [0.717, 1.165) is 23.4 Å². The van der Waals surface area contributed by atoms with Gasteiger partial charge in [-0.1, -0.05) is 29.8 Å². The zero-order chi connectivity index (χ0) is 13.4. The Morgan fingerprint density at radius 3 is 2.95 bits per heavy atom. The molecular formula is C16H17ClN2. The van der Waals surface area contributed by atoms with E-state index in [1.54, 1.807) is 0 Å². The van der Waals surface area contributed by atoms with Crippen molar-refractivity contribution in [2.24, 2.45) is 5.73 Å². The van der Waals surface area contributed by atoms with Crippen molar-refractivity contribution in [2.75, 3.05) is 0 Å². The molecule has 19 heavy (non-hydrogen) atoms. The molecular weight excluding hydrogens is 256 g/mol. The van der Waals surface area contributed by atoms with Gasteiger partial charge in [0.2, 0.25) is 0 Å². The molecule has 0 amide bonds. The average Bonchev–Trinajstić information content (AvgIpc) is 2.82. The second-order valence-corrected chi connectivity index (χ2v) is 5.62. The van der Waals surface area contributed by atoms with E-state index in [0.29, 0.717) is 5.92 Å². The van der Waals surface area contributed by atoms with E-state index in [1.807, 2.05) is 25.3 Å². The van der Waals surface area contributed by atoms with Crippen LogP contribution in [0.4, 0.5) is 0 Å². The fourth-order valence-corrected chi connectivity index (χ4v) is 3.23. The number of rotatable bonds is 2. The Morgan fingerprint density at radius 1 is 1.37 bits per heavy atom. The molecule has 0 spiro atoms. The van der Waals surface area contributed by atoms with Gasteiger partial charge in [0.1, 0.15) is 0 Å². The van der Waals surface area contributed by atoms with E-state index in [-0.39, 0.29) is 6.04 Å². The predicted octanol–water partition coefficient (Wildman–Crippen LogP) is 3.83. The number of fused-ring (bicyclic) bond motifs is 1. The van der Waals surface area contributed by atoms with Crippen molar-refractivity contribution >= 4 is 11.6 Å². The molecule has 3 rings (SSSR count). The topological polar surface area (TPSA) is 38.9 Å². The summed E-state index contributed by atoms with van der Waals surface area (Å²) in [7, 11) is 0. The highest BCUT2D eigenvalue weighted by molar-refractivity contribution is 6.31. The molecule has 0 aliphatic heterocycles. The first kappa shape index (κ1) is 12.6. The number of halogens is 1. The lowest BCUT2D eigenvalue weighted by Crippen LogP contribution is -2.06. The lowest BCUT2D eigenvalue weighted by atomic mass is 9.94. The van der Waals surface area contributed by atoms with Gasteiger partial charge in [0.05, 0.1) is 5.69 Å². The number of nitrogens with zero attached hydrogens (tertiary/aromatic N) is 1. The highest BCUT2D eigenvalue weighted by Gasteiger charge is 2.25. The van der Waals surface area contributed by atoms with Crippen molar-refractivity contribution in [1.82, 2.24) is 4.98 Å². The van der Waals surface area contributed by atoms with Crippen LogP contribution < -0.4 is 5.73 Å². The first-order valence-corrected chi connectivity index (χ1v) is 7.03. The molecule has 2 aromatic rings. The van der Waals surface area contributed by atoms with E-state index in [4.69, 9.17) is 17.3 Å². The zero-order valence-corrected chi connectivity index (χ0v) is 11.7. The van der Waals surface area contributed by atoms with Gasteiger partial charge in [0, 0.05) is 23.2 Å². The summed E-state index contributed by atoms with van der Waals surface area (Å²) in [4.78, 5) is 4.54. The molecule has 1 aliphatic carbocycles. The lowest BCUT2D eigenvalue weighted by Gasteiger charge is -2.14. The van der Waals surface area contributed by atoms with Crippen molar-refractivity contribution in [3.63, 3.8) is 0 Å². The summed E-state index contributed by atoms with van der Waals surface area (Å²) in [6, 6.07) is 10.4. The van der Waals surface area contributed by atoms with Gasteiger partial charge in [0.25, 0.3) is 0 Å². The predicted molar refractivity (Wildman–Crippen MR) is 78.5 cm³/mol. The number of nitrogens with two attached hydrogens (primary N) is 1. The van der Waals surface area contributed by atoms with Gasteiger partial charge >= 0.3 is 0 Å². The number of hydrogen-bond donors (Lipinski definition) is 1. The van der Waals surface area contributed by atoms with Crippen molar-refractivity contribution in [2.45, 2.75) is 31.7 Å². The highest BCUT2D eigenvalue weighted by atomic mass is 35.5. The molecule has 0 fully saturated rings. The van der Waals surface area contributed by atoms with Crippen molar-refractivity contribution < 1.29 is 0 Å². The summed E-state index contributed by atoms with van der Waals surface area (Å²) in [6.45, 7) is 1.95. The normalized spacial score (nSPS) is 19.2. The highest BCUT2D eigenvalue weighted by Crippen LogP contribution is 2.38. The molecule has 2 N–H and O–H groups in total. The van der Waals surface area contributed by atoms with Gasteiger partial charge in [-0.05, 0) is 48.6 Å². The fraction of sp³-hybridized carbons (Fsp3) is 0.312. The summed E-state index contributed by atoms with van der Waals surface area (Å²) >= 11 is 6.33. The second-order valence-electron chi connectivity index (χ2n) is 5.21.